The van der Waals surface area contributed by atoms with Crippen LogP contribution in [0.1, 0.15) is 15.9 Å². The van der Waals surface area contributed by atoms with Gasteiger partial charge in [0.1, 0.15) is 0 Å². The number of amides is 1. The minimum atomic E-state index is -0.473. The number of nitrogens with zero attached hydrogens (tertiary/aromatic N) is 1. The van der Waals surface area contributed by atoms with E-state index in [0.29, 0.717) is 12.1 Å². The smallest absolute Gasteiger partial charge is 0.338 e. The molecule has 5 heteroatoms. The van der Waals surface area contributed by atoms with E-state index in [1.165, 1.54) is 0 Å². The predicted molar refractivity (Wildman–Crippen MR) is 91.9 cm³/mol. The van der Waals surface area contributed by atoms with E-state index in [0.717, 1.165) is 21.2 Å². The first-order valence-corrected chi connectivity index (χ1v) is 8.04. The Balaban J connectivity index is 1.63. The quantitative estimate of drug-likeness (QED) is 0.581. The van der Waals surface area contributed by atoms with Crippen molar-refractivity contribution in [3.63, 3.8) is 0 Å². The van der Waals surface area contributed by atoms with E-state index < -0.39 is 5.97 Å². The van der Waals surface area contributed by atoms with Crippen LogP contribution in [0.4, 0.5) is 5.69 Å². The van der Waals surface area contributed by atoms with Gasteiger partial charge >= 0.3 is 5.97 Å². The predicted octanol–water partition coefficient (Wildman–Crippen LogP) is 3.04. The summed E-state index contributed by atoms with van der Waals surface area (Å²) in [6.45, 7) is 0.400. The molecule has 0 aromatic heterocycles. The molecule has 0 saturated heterocycles. The molecule has 2 aromatic carbocycles. The fraction of sp³-hybridized carbons (Fsp3) is 0.176. The molecular weight excluding hydrogens is 393 g/mol. The minimum absolute atomic E-state index is 0.191. The second kappa shape index (κ2) is 6.48. The lowest BCUT2D eigenvalue weighted by molar-refractivity contribution is -0.121. The van der Waals surface area contributed by atoms with E-state index in [-0.39, 0.29) is 12.5 Å². The van der Waals surface area contributed by atoms with Crippen LogP contribution in [-0.2, 0) is 16.0 Å². The van der Waals surface area contributed by atoms with E-state index in [2.05, 4.69) is 22.6 Å². The molecule has 22 heavy (non-hydrogen) atoms. The van der Waals surface area contributed by atoms with Crippen molar-refractivity contribution in [2.24, 2.45) is 0 Å². The second-order valence-corrected chi connectivity index (χ2v) is 6.26. The average Bonchev–Trinajstić information content (AvgIpc) is 2.96. The van der Waals surface area contributed by atoms with Crippen molar-refractivity contribution in [3.8, 4) is 0 Å². The highest BCUT2D eigenvalue weighted by Gasteiger charge is 2.24. The van der Waals surface area contributed by atoms with Gasteiger partial charge in [-0.2, -0.15) is 0 Å². The first kappa shape index (κ1) is 15.0. The molecule has 0 N–H and O–H groups in total. The van der Waals surface area contributed by atoms with Gasteiger partial charge in [0, 0.05) is 15.8 Å². The van der Waals surface area contributed by atoms with Gasteiger partial charge in [-0.05, 0) is 58.8 Å². The summed E-state index contributed by atoms with van der Waals surface area (Å²) in [5, 5.41) is 0. The maximum atomic E-state index is 12.3. The number of hydrogen-bond acceptors (Lipinski definition) is 3. The molecule has 1 amide bonds. The van der Waals surface area contributed by atoms with Crippen LogP contribution in [0.2, 0.25) is 0 Å². The third-order valence-corrected chi connectivity index (χ3v) is 4.25. The molecular formula is C17H14INO3. The molecule has 4 nitrogen and oxygen atoms in total. The molecule has 0 saturated carbocycles. The molecule has 0 spiro atoms. The van der Waals surface area contributed by atoms with E-state index in [4.69, 9.17) is 4.74 Å². The maximum absolute atomic E-state index is 12.3. The fourth-order valence-corrected chi connectivity index (χ4v) is 3.04. The summed E-state index contributed by atoms with van der Waals surface area (Å²) in [4.78, 5) is 25.9. The van der Waals surface area contributed by atoms with Crippen LogP contribution in [-0.4, -0.2) is 25.0 Å². The van der Waals surface area contributed by atoms with Gasteiger partial charge in [-0.3, -0.25) is 4.79 Å². The number of benzene rings is 2. The van der Waals surface area contributed by atoms with Gasteiger partial charge in [0.2, 0.25) is 0 Å². The van der Waals surface area contributed by atoms with Gasteiger partial charge in [0.25, 0.3) is 5.91 Å². The van der Waals surface area contributed by atoms with Crippen molar-refractivity contribution in [1.82, 2.24) is 0 Å². The van der Waals surface area contributed by atoms with Crippen molar-refractivity contribution < 1.29 is 14.3 Å². The van der Waals surface area contributed by atoms with E-state index in [1.807, 2.05) is 30.3 Å². The highest BCUT2D eigenvalue weighted by atomic mass is 127. The van der Waals surface area contributed by atoms with Crippen LogP contribution in [0.3, 0.4) is 0 Å². The highest BCUT2D eigenvalue weighted by Crippen LogP contribution is 2.27. The molecule has 1 aliphatic heterocycles. The Morgan fingerprint density at radius 2 is 1.95 bits per heavy atom. The molecule has 0 unspecified atom stereocenters. The molecule has 0 bridgehead atoms. The van der Waals surface area contributed by atoms with Crippen LogP contribution in [0.5, 0.6) is 0 Å². The molecule has 0 radical (unpaired) electrons. The molecule has 0 fully saturated rings. The minimum Gasteiger partial charge on any atom is -0.452 e. The zero-order valence-electron chi connectivity index (χ0n) is 11.8. The Morgan fingerprint density at radius 3 is 2.77 bits per heavy atom. The Bertz CT molecular complexity index is 729. The normalized spacial score (nSPS) is 12.9. The zero-order chi connectivity index (χ0) is 15.5. The number of hydrogen-bond donors (Lipinski definition) is 0. The summed E-state index contributed by atoms with van der Waals surface area (Å²) in [6, 6.07) is 14.9. The van der Waals surface area contributed by atoms with Crippen LogP contribution in [0.15, 0.2) is 48.5 Å². The Labute approximate surface area is 142 Å². The molecule has 3 rings (SSSR count). The second-order valence-electron chi connectivity index (χ2n) is 5.01. The van der Waals surface area contributed by atoms with Crippen LogP contribution in [0, 0.1) is 3.57 Å². The van der Waals surface area contributed by atoms with Crippen LogP contribution < -0.4 is 4.90 Å². The lowest BCUT2D eigenvalue weighted by atomic mass is 10.2. The standard InChI is InChI=1S/C17H14INO3/c18-14-6-3-5-13(10-14)17(21)22-11-16(20)19-9-8-12-4-1-2-7-15(12)19/h1-7,10H,8-9,11H2. The number of halogens is 1. The van der Waals surface area contributed by atoms with Crippen LogP contribution in [0.25, 0.3) is 0 Å². The molecule has 1 heterocycles. The Morgan fingerprint density at radius 1 is 1.14 bits per heavy atom. The molecule has 0 atom stereocenters. The average molecular weight is 407 g/mol. The lowest BCUT2D eigenvalue weighted by Crippen LogP contribution is -2.33. The van der Waals surface area contributed by atoms with E-state index in [9.17, 15) is 9.59 Å². The largest absolute Gasteiger partial charge is 0.452 e. The number of rotatable bonds is 3. The number of carbonyl (C=O) groups is 2. The zero-order valence-corrected chi connectivity index (χ0v) is 13.9. The van der Waals surface area contributed by atoms with Gasteiger partial charge in [-0.25, -0.2) is 4.79 Å². The van der Waals surface area contributed by atoms with Crippen molar-refractivity contribution in [2.75, 3.05) is 18.1 Å². The fourth-order valence-electron chi connectivity index (χ4n) is 2.50. The van der Waals surface area contributed by atoms with Crippen LogP contribution >= 0.6 is 22.6 Å². The van der Waals surface area contributed by atoms with Gasteiger partial charge in [-0.1, -0.05) is 24.3 Å². The van der Waals surface area contributed by atoms with Crippen molar-refractivity contribution in [3.05, 3.63) is 63.2 Å². The highest BCUT2D eigenvalue weighted by molar-refractivity contribution is 14.1. The lowest BCUT2D eigenvalue weighted by Gasteiger charge is -2.17. The molecule has 1 aliphatic rings. The van der Waals surface area contributed by atoms with Crippen molar-refractivity contribution in [2.45, 2.75) is 6.42 Å². The van der Waals surface area contributed by atoms with Gasteiger partial charge < -0.3 is 9.64 Å². The Hall–Kier alpha value is -1.89. The molecule has 2 aromatic rings. The van der Waals surface area contributed by atoms with Crippen molar-refractivity contribution in [1.29, 1.82) is 0 Å². The van der Waals surface area contributed by atoms with Gasteiger partial charge in [0.05, 0.1) is 5.56 Å². The number of fused-ring (bicyclic) bond motifs is 1. The summed E-state index contributed by atoms with van der Waals surface area (Å²) in [6.07, 6.45) is 0.840. The molecule has 112 valence electrons. The van der Waals surface area contributed by atoms with Gasteiger partial charge in [-0.15, -0.1) is 0 Å². The van der Waals surface area contributed by atoms with Crippen molar-refractivity contribution >= 4 is 40.2 Å². The summed E-state index contributed by atoms with van der Waals surface area (Å²) >= 11 is 2.13. The first-order chi connectivity index (χ1) is 10.6. The number of ether oxygens (including phenoxy) is 1. The third-order valence-electron chi connectivity index (χ3n) is 3.58. The number of carbonyl (C=O) groups excluding carboxylic acids is 2. The number of anilines is 1. The topological polar surface area (TPSA) is 46.6 Å². The summed E-state index contributed by atoms with van der Waals surface area (Å²) in [5.74, 6) is -0.664. The van der Waals surface area contributed by atoms with E-state index >= 15 is 0 Å². The number of para-hydroxylation sites is 1. The number of esters is 1. The summed E-state index contributed by atoms with van der Waals surface area (Å²) in [5.41, 5.74) is 2.53. The van der Waals surface area contributed by atoms with E-state index in [1.54, 1.807) is 23.1 Å². The monoisotopic (exact) mass is 407 g/mol. The summed E-state index contributed by atoms with van der Waals surface area (Å²) in [7, 11) is 0. The first-order valence-electron chi connectivity index (χ1n) is 6.96. The SMILES string of the molecule is O=C(OCC(=O)N1CCc2ccccc21)c1cccc(I)c1. The summed E-state index contributed by atoms with van der Waals surface area (Å²) < 4.78 is 6.09. The Kier molecular flexibility index (Phi) is 4.42. The molecule has 0 aliphatic carbocycles. The van der Waals surface area contributed by atoms with Gasteiger partial charge in [0.15, 0.2) is 6.61 Å². The maximum Gasteiger partial charge on any atom is 0.338 e. The third kappa shape index (κ3) is 3.14.